The third-order valence-corrected chi connectivity index (χ3v) is 6.73. The number of aromatic nitrogens is 4. The number of anilines is 3. The lowest BCUT2D eigenvalue weighted by molar-refractivity contribution is -0.127. The summed E-state index contributed by atoms with van der Waals surface area (Å²) in [5, 5.41) is 6.51. The molecule has 0 unspecified atom stereocenters. The lowest BCUT2D eigenvalue weighted by Gasteiger charge is -2.32. The van der Waals surface area contributed by atoms with Crippen molar-refractivity contribution < 1.29 is 18.7 Å². The number of methoxy groups -OCH3 is 1. The Bertz CT molecular complexity index is 1480. The number of nitrogens with one attached hydrogen (secondary N) is 2. The Morgan fingerprint density at radius 1 is 1.20 bits per heavy atom. The van der Waals surface area contributed by atoms with Crippen LogP contribution in [-0.4, -0.2) is 63.7 Å². The summed E-state index contributed by atoms with van der Waals surface area (Å²) in [6.07, 6.45) is 4.82. The topological polar surface area (TPSA) is 106 Å². The zero-order valence-corrected chi connectivity index (χ0v) is 22.3. The number of carbonyl (C=O) groups is 1. The number of carbonyl (C=O) groups excluding carboxylic acids is 1. The molecule has 2 aromatic carbocycles. The summed E-state index contributed by atoms with van der Waals surface area (Å²) >= 11 is 0. The molecule has 1 fully saturated rings. The Kier molecular flexibility index (Phi) is 8.50. The second-order valence-corrected chi connectivity index (χ2v) is 9.45. The molecule has 208 valence electrons. The van der Waals surface area contributed by atoms with Crippen molar-refractivity contribution in [3.05, 3.63) is 78.9 Å². The Labute approximate surface area is 231 Å². The van der Waals surface area contributed by atoms with Crippen molar-refractivity contribution in [3.63, 3.8) is 0 Å². The van der Waals surface area contributed by atoms with Gasteiger partial charge in [-0.15, -0.1) is 0 Å². The number of nitrogens with zero attached hydrogens (tertiary/aromatic N) is 5. The number of likely N-dealkylation sites (tertiary alicyclic amines) is 1. The molecule has 5 rings (SSSR count). The van der Waals surface area contributed by atoms with Gasteiger partial charge in [-0.05, 0) is 36.6 Å². The SMILES string of the molecule is C=CC(=O)N1CCC[C@H](n2cnc3c(NCc4ccccc4)nc(Nc4ccc(OCCOC)c(F)c4)nc32)C1. The smallest absolute Gasteiger partial charge is 0.246 e. The van der Waals surface area contributed by atoms with E-state index in [0.29, 0.717) is 48.9 Å². The predicted octanol–water partition coefficient (Wildman–Crippen LogP) is 4.70. The first-order chi connectivity index (χ1) is 19.6. The molecule has 0 radical (unpaired) electrons. The number of benzene rings is 2. The van der Waals surface area contributed by atoms with Crippen molar-refractivity contribution in [2.75, 3.05) is 44.0 Å². The molecule has 0 aliphatic carbocycles. The average molecular weight is 546 g/mol. The Hall–Kier alpha value is -4.51. The van der Waals surface area contributed by atoms with Gasteiger partial charge in [-0.2, -0.15) is 9.97 Å². The summed E-state index contributed by atoms with van der Waals surface area (Å²) in [6, 6.07) is 14.6. The largest absolute Gasteiger partial charge is 0.488 e. The molecule has 11 heteroatoms. The highest BCUT2D eigenvalue weighted by Gasteiger charge is 2.26. The number of ether oxygens (including phenoxy) is 2. The minimum atomic E-state index is -0.510. The molecular weight excluding hydrogens is 513 g/mol. The van der Waals surface area contributed by atoms with Gasteiger partial charge in [0.05, 0.1) is 19.0 Å². The van der Waals surface area contributed by atoms with Crippen LogP contribution in [0.15, 0.2) is 67.5 Å². The van der Waals surface area contributed by atoms with Crippen LogP contribution in [0.3, 0.4) is 0 Å². The summed E-state index contributed by atoms with van der Waals surface area (Å²) in [5.74, 6) is 0.368. The number of fused-ring (bicyclic) bond motifs is 1. The molecule has 1 aliphatic rings. The quantitative estimate of drug-likeness (QED) is 0.206. The Balaban J connectivity index is 1.46. The zero-order chi connectivity index (χ0) is 27.9. The summed E-state index contributed by atoms with van der Waals surface area (Å²) in [5.41, 5.74) is 2.78. The molecule has 1 atom stereocenters. The molecule has 3 heterocycles. The number of rotatable bonds is 11. The number of halogens is 1. The van der Waals surface area contributed by atoms with Gasteiger partial charge in [0.1, 0.15) is 6.61 Å². The fraction of sp³-hybridized carbons (Fsp3) is 0.310. The van der Waals surface area contributed by atoms with E-state index in [9.17, 15) is 9.18 Å². The van der Waals surface area contributed by atoms with E-state index in [-0.39, 0.29) is 30.3 Å². The van der Waals surface area contributed by atoms with Crippen molar-refractivity contribution in [1.29, 1.82) is 0 Å². The summed E-state index contributed by atoms with van der Waals surface area (Å²) in [4.78, 5) is 28.2. The van der Waals surface area contributed by atoms with Crippen molar-refractivity contribution in [1.82, 2.24) is 24.4 Å². The monoisotopic (exact) mass is 545 g/mol. The predicted molar refractivity (Wildman–Crippen MR) is 151 cm³/mol. The molecule has 40 heavy (non-hydrogen) atoms. The number of hydrogen-bond donors (Lipinski definition) is 2. The van der Waals surface area contributed by atoms with E-state index in [1.165, 1.54) is 12.1 Å². The van der Waals surface area contributed by atoms with Gasteiger partial charge < -0.3 is 29.6 Å². The van der Waals surface area contributed by atoms with Gasteiger partial charge in [0.15, 0.2) is 28.5 Å². The maximum absolute atomic E-state index is 14.7. The van der Waals surface area contributed by atoms with Crippen molar-refractivity contribution >= 4 is 34.5 Å². The lowest BCUT2D eigenvalue weighted by atomic mass is 10.1. The van der Waals surface area contributed by atoms with Crippen LogP contribution in [0.25, 0.3) is 11.2 Å². The molecule has 4 aromatic rings. The third-order valence-electron chi connectivity index (χ3n) is 6.73. The van der Waals surface area contributed by atoms with E-state index in [2.05, 4.69) is 27.2 Å². The summed E-state index contributed by atoms with van der Waals surface area (Å²) < 4.78 is 27.1. The number of amides is 1. The molecule has 2 aromatic heterocycles. The van der Waals surface area contributed by atoms with E-state index in [1.807, 2.05) is 34.9 Å². The van der Waals surface area contributed by atoms with Crippen molar-refractivity contribution in [2.24, 2.45) is 0 Å². The molecule has 1 aliphatic heterocycles. The van der Waals surface area contributed by atoms with E-state index < -0.39 is 5.82 Å². The van der Waals surface area contributed by atoms with Crippen LogP contribution in [-0.2, 0) is 16.1 Å². The molecule has 1 amide bonds. The molecule has 1 saturated heterocycles. The standard InChI is InChI=1S/C29H32FN7O3/c1-3-25(38)36-13-7-10-22(18-36)37-19-32-26-27(31-17-20-8-5-4-6-9-20)34-29(35-28(26)37)33-21-11-12-24(23(30)16-21)40-15-14-39-2/h3-6,8-9,11-12,16,19,22H,1,7,10,13-15,17-18H2,2H3,(H2,31,33,34,35)/t22-/m0/s1. The van der Waals surface area contributed by atoms with Gasteiger partial charge in [-0.25, -0.2) is 9.37 Å². The first kappa shape index (κ1) is 27.1. The number of imidazole rings is 1. The highest BCUT2D eigenvalue weighted by Crippen LogP contribution is 2.30. The van der Waals surface area contributed by atoms with E-state index in [4.69, 9.17) is 14.5 Å². The second kappa shape index (κ2) is 12.6. The summed E-state index contributed by atoms with van der Waals surface area (Å²) in [7, 11) is 1.56. The van der Waals surface area contributed by atoms with E-state index in [0.717, 1.165) is 18.4 Å². The fourth-order valence-electron chi connectivity index (χ4n) is 4.72. The van der Waals surface area contributed by atoms with Crippen LogP contribution in [0.2, 0.25) is 0 Å². The third kappa shape index (κ3) is 6.20. The second-order valence-electron chi connectivity index (χ2n) is 9.45. The Morgan fingerprint density at radius 3 is 2.83 bits per heavy atom. The molecule has 0 saturated carbocycles. The normalized spacial score (nSPS) is 15.2. The van der Waals surface area contributed by atoms with Crippen molar-refractivity contribution in [3.8, 4) is 5.75 Å². The van der Waals surface area contributed by atoms with Gasteiger partial charge in [-0.1, -0.05) is 36.9 Å². The molecule has 0 spiro atoms. The van der Waals surface area contributed by atoms with E-state index in [1.54, 1.807) is 30.5 Å². The lowest BCUT2D eigenvalue weighted by Crippen LogP contribution is -2.39. The van der Waals surface area contributed by atoms with E-state index >= 15 is 0 Å². The summed E-state index contributed by atoms with van der Waals surface area (Å²) in [6.45, 7) is 5.99. The molecule has 2 N–H and O–H groups in total. The van der Waals surface area contributed by atoms with Gasteiger partial charge >= 0.3 is 0 Å². The van der Waals surface area contributed by atoms with Crippen LogP contribution < -0.4 is 15.4 Å². The highest BCUT2D eigenvalue weighted by atomic mass is 19.1. The van der Waals surface area contributed by atoms with Crippen LogP contribution in [0.5, 0.6) is 5.75 Å². The van der Waals surface area contributed by atoms with Crippen LogP contribution in [0, 0.1) is 5.82 Å². The maximum Gasteiger partial charge on any atom is 0.246 e. The van der Waals surface area contributed by atoms with Crippen molar-refractivity contribution in [2.45, 2.75) is 25.4 Å². The first-order valence-electron chi connectivity index (χ1n) is 13.2. The maximum atomic E-state index is 14.7. The number of piperidine rings is 1. The van der Waals surface area contributed by atoms with Crippen LogP contribution in [0.1, 0.15) is 24.4 Å². The van der Waals surface area contributed by atoms with Gasteiger partial charge in [0.2, 0.25) is 11.9 Å². The minimum Gasteiger partial charge on any atom is -0.488 e. The average Bonchev–Trinajstić information content (AvgIpc) is 3.41. The highest BCUT2D eigenvalue weighted by molar-refractivity contribution is 5.87. The zero-order valence-electron chi connectivity index (χ0n) is 22.3. The van der Waals surface area contributed by atoms with Gasteiger partial charge in [-0.3, -0.25) is 4.79 Å². The minimum absolute atomic E-state index is 0.00616. The molecule has 10 nitrogen and oxygen atoms in total. The molecular formula is C29H32FN7O3. The van der Waals surface area contributed by atoms with Crippen LogP contribution in [0.4, 0.5) is 21.8 Å². The fourth-order valence-corrected chi connectivity index (χ4v) is 4.72. The van der Waals surface area contributed by atoms with Gasteiger partial charge in [0.25, 0.3) is 0 Å². The van der Waals surface area contributed by atoms with Gasteiger partial charge in [0, 0.05) is 38.5 Å². The Morgan fingerprint density at radius 2 is 2.05 bits per heavy atom. The first-order valence-corrected chi connectivity index (χ1v) is 13.2. The van der Waals surface area contributed by atoms with Crippen LogP contribution >= 0.6 is 0 Å². The number of hydrogen-bond acceptors (Lipinski definition) is 8. The molecule has 0 bridgehead atoms.